The Morgan fingerprint density at radius 2 is 2.00 bits per heavy atom. The third kappa shape index (κ3) is 1.75. The van der Waals surface area contributed by atoms with Crippen LogP contribution in [0, 0.1) is 6.08 Å². The van der Waals surface area contributed by atoms with Crippen LogP contribution in [0.2, 0.25) is 0 Å². The second-order valence-electron chi connectivity index (χ2n) is 3.12. The molecule has 0 bridgehead atoms. The standard InChI is InChI=1S/C10H10NO2S/c12-9-3-1-2-8(10(9)13)11-4-6-14-7-5-11/h1,3H,4-7H2. The Labute approximate surface area is 86.8 Å². The lowest BCUT2D eigenvalue weighted by molar-refractivity contribution is -0.132. The van der Waals surface area contributed by atoms with E-state index in [1.165, 1.54) is 12.2 Å². The highest BCUT2D eigenvalue weighted by atomic mass is 32.2. The van der Waals surface area contributed by atoms with E-state index >= 15 is 0 Å². The van der Waals surface area contributed by atoms with Gasteiger partial charge in [0.15, 0.2) is 0 Å². The predicted molar refractivity (Wildman–Crippen MR) is 54.8 cm³/mol. The fourth-order valence-electron chi connectivity index (χ4n) is 1.48. The summed E-state index contributed by atoms with van der Waals surface area (Å²) in [6.45, 7) is 1.67. The minimum Gasteiger partial charge on any atom is -0.366 e. The number of allylic oxidation sites excluding steroid dienone is 4. The second kappa shape index (κ2) is 4.00. The van der Waals surface area contributed by atoms with E-state index < -0.39 is 11.6 Å². The zero-order valence-electron chi connectivity index (χ0n) is 7.66. The number of rotatable bonds is 1. The zero-order valence-corrected chi connectivity index (χ0v) is 8.47. The Morgan fingerprint density at radius 1 is 1.29 bits per heavy atom. The van der Waals surface area contributed by atoms with Crippen LogP contribution < -0.4 is 0 Å². The van der Waals surface area contributed by atoms with Crippen LogP contribution in [0.3, 0.4) is 0 Å². The summed E-state index contributed by atoms with van der Waals surface area (Å²) < 4.78 is 0. The van der Waals surface area contributed by atoms with E-state index in [1.807, 2.05) is 16.7 Å². The van der Waals surface area contributed by atoms with Crippen molar-refractivity contribution >= 4 is 23.3 Å². The molecule has 0 aromatic heterocycles. The van der Waals surface area contributed by atoms with Gasteiger partial charge in [-0.05, 0) is 12.2 Å². The predicted octanol–water partition coefficient (Wildman–Crippen LogP) is 0.430. The Balaban J connectivity index is 2.16. The van der Waals surface area contributed by atoms with Gasteiger partial charge in [0.2, 0.25) is 11.6 Å². The van der Waals surface area contributed by atoms with Gasteiger partial charge in [0.25, 0.3) is 0 Å². The van der Waals surface area contributed by atoms with Crippen molar-refractivity contribution in [1.82, 2.24) is 4.90 Å². The first-order valence-corrected chi connectivity index (χ1v) is 5.66. The first kappa shape index (κ1) is 9.52. The number of Topliss-reactive ketones (excluding diaryl/α,β-unsaturated/α-hetero) is 1. The molecule has 2 aliphatic rings. The monoisotopic (exact) mass is 208 g/mol. The molecule has 0 unspecified atom stereocenters. The lowest BCUT2D eigenvalue weighted by Gasteiger charge is -2.29. The molecule has 1 radical (unpaired) electrons. The Hall–Kier alpha value is -1.03. The molecular formula is C10H10NO2S. The maximum absolute atomic E-state index is 11.5. The van der Waals surface area contributed by atoms with Gasteiger partial charge in [0, 0.05) is 30.7 Å². The van der Waals surface area contributed by atoms with Gasteiger partial charge in [0.05, 0.1) is 5.70 Å². The number of nitrogens with zero attached hydrogens (tertiary/aromatic N) is 1. The smallest absolute Gasteiger partial charge is 0.249 e. The van der Waals surface area contributed by atoms with Crippen LogP contribution in [-0.2, 0) is 9.59 Å². The topological polar surface area (TPSA) is 37.4 Å². The number of thioether (sulfide) groups is 1. The zero-order chi connectivity index (χ0) is 9.97. The molecule has 0 aromatic rings. The average molecular weight is 208 g/mol. The van der Waals surface area contributed by atoms with Crippen LogP contribution >= 0.6 is 11.8 Å². The molecule has 0 spiro atoms. The highest BCUT2D eigenvalue weighted by Gasteiger charge is 2.25. The van der Waals surface area contributed by atoms with E-state index in [0.29, 0.717) is 5.70 Å². The Kier molecular flexibility index (Phi) is 2.72. The van der Waals surface area contributed by atoms with Crippen molar-refractivity contribution in [1.29, 1.82) is 0 Å². The normalized spacial score (nSPS) is 22.6. The maximum Gasteiger partial charge on any atom is 0.249 e. The molecule has 0 atom stereocenters. The number of hydrogen-bond acceptors (Lipinski definition) is 4. The summed E-state index contributed by atoms with van der Waals surface area (Å²) in [5.74, 6) is 1.17. The van der Waals surface area contributed by atoms with Crippen LogP contribution in [0.15, 0.2) is 17.8 Å². The molecule has 0 aromatic carbocycles. The number of carbonyl (C=O) groups excluding carboxylic acids is 2. The second-order valence-corrected chi connectivity index (χ2v) is 4.34. The van der Waals surface area contributed by atoms with Crippen molar-refractivity contribution in [3.8, 4) is 0 Å². The first-order chi connectivity index (χ1) is 6.79. The molecule has 14 heavy (non-hydrogen) atoms. The van der Waals surface area contributed by atoms with E-state index in [4.69, 9.17) is 0 Å². The van der Waals surface area contributed by atoms with Crippen molar-refractivity contribution in [2.45, 2.75) is 0 Å². The summed E-state index contributed by atoms with van der Waals surface area (Å²) in [5.41, 5.74) is 0.442. The lowest BCUT2D eigenvalue weighted by Crippen LogP contribution is -2.37. The van der Waals surface area contributed by atoms with Crippen LogP contribution in [0.4, 0.5) is 0 Å². The minimum absolute atomic E-state index is 0.417. The molecule has 1 aliphatic heterocycles. The fourth-order valence-corrected chi connectivity index (χ4v) is 2.38. The van der Waals surface area contributed by atoms with E-state index in [1.54, 1.807) is 0 Å². The molecular weight excluding hydrogens is 198 g/mol. The van der Waals surface area contributed by atoms with Gasteiger partial charge in [-0.2, -0.15) is 11.8 Å². The lowest BCUT2D eigenvalue weighted by atomic mass is 10.1. The number of carbonyl (C=O) groups is 2. The average Bonchev–Trinajstić information content (AvgIpc) is 2.23. The molecule has 1 heterocycles. The van der Waals surface area contributed by atoms with Gasteiger partial charge in [-0.25, -0.2) is 0 Å². The SMILES string of the molecule is O=C1C=C[C]=C(N2CCSCC2)C1=O. The van der Waals surface area contributed by atoms with Crippen molar-refractivity contribution in [2.75, 3.05) is 24.6 Å². The molecule has 3 nitrogen and oxygen atoms in total. The number of ketones is 2. The highest BCUT2D eigenvalue weighted by molar-refractivity contribution is 7.99. The van der Waals surface area contributed by atoms with Crippen molar-refractivity contribution in [3.63, 3.8) is 0 Å². The van der Waals surface area contributed by atoms with Crippen LogP contribution in [0.25, 0.3) is 0 Å². The van der Waals surface area contributed by atoms with E-state index in [-0.39, 0.29) is 0 Å². The molecule has 1 fully saturated rings. The Morgan fingerprint density at radius 3 is 2.71 bits per heavy atom. The third-order valence-electron chi connectivity index (χ3n) is 2.22. The van der Waals surface area contributed by atoms with Gasteiger partial charge in [0.1, 0.15) is 0 Å². The van der Waals surface area contributed by atoms with E-state index in [0.717, 1.165) is 24.6 Å². The quantitative estimate of drug-likeness (QED) is 0.462. The largest absolute Gasteiger partial charge is 0.366 e. The van der Waals surface area contributed by atoms with Crippen LogP contribution in [0.1, 0.15) is 0 Å². The molecule has 0 amide bonds. The molecule has 1 aliphatic carbocycles. The molecule has 2 rings (SSSR count). The van der Waals surface area contributed by atoms with Crippen molar-refractivity contribution < 1.29 is 9.59 Å². The first-order valence-electron chi connectivity index (χ1n) is 4.50. The van der Waals surface area contributed by atoms with Crippen LogP contribution in [0.5, 0.6) is 0 Å². The summed E-state index contributed by atoms with van der Waals surface area (Å²) in [6.07, 6.45) is 5.65. The summed E-state index contributed by atoms with van der Waals surface area (Å²) in [4.78, 5) is 24.5. The van der Waals surface area contributed by atoms with Gasteiger partial charge in [-0.3, -0.25) is 9.59 Å². The highest BCUT2D eigenvalue weighted by Crippen LogP contribution is 2.16. The van der Waals surface area contributed by atoms with E-state index in [2.05, 4.69) is 6.08 Å². The van der Waals surface area contributed by atoms with Gasteiger partial charge in [-0.1, -0.05) is 0 Å². The molecule has 0 N–H and O–H groups in total. The summed E-state index contributed by atoms with van der Waals surface area (Å²) >= 11 is 1.87. The Bertz CT molecular complexity index is 327. The summed E-state index contributed by atoms with van der Waals surface area (Å²) in [5, 5.41) is 0. The summed E-state index contributed by atoms with van der Waals surface area (Å²) in [6, 6.07) is 0. The molecule has 4 heteroatoms. The molecule has 73 valence electrons. The minimum atomic E-state index is -0.433. The summed E-state index contributed by atoms with van der Waals surface area (Å²) in [7, 11) is 0. The van der Waals surface area contributed by atoms with Gasteiger partial charge < -0.3 is 4.90 Å². The van der Waals surface area contributed by atoms with Gasteiger partial charge in [-0.15, -0.1) is 0 Å². The van der Waals surface area contributed by atoms with Crippen LogP contribution in [-0.4, -0.2) is 41.1 Å². The maximum atomic E-state index is 11.5. The molecule has 0 saturated carbocycles. The van der Waals surface area contributed by atoms with Crippen molar-refractivity contribution in [2.24, 2.45) is 0 Å². The fraction of sp³-hybridized carbons (Fsp3) is 0.400. The molecule has 1 saturated heterocycles. The van der Waals surface area contributed by atoms with Gasteiger partial charge >= 0.3 is 0 Å². The van der Waals surface area contributed by atoms with Crippen molar-refractivity contribution in [3.05, 3.63) is 23.9 Å². The number of hydrogen-bond donors (Lipinski definition) is 0. The van der Waals surface area contributed by atoms with E-state index in [9.17, 15) is 9.59 Å². The third-order valence-corrected chi connectivity index (χ3v) is 3.16.